The van der Waals surface area contributed by atoms with Gasteiger partial charge in [0, 0.05) is 0 Å². The van der Waals surface area contributed by atoms with Crippen molar-refractivity contribution in [1.82, 2.24) is 0 Å². The summed E-state index contributed by atoms with van der Waals surface area (Å²) in [4.78, 5) is 0. The Kier molecular flexibility index (Phi) is 4.66. The van der Waals surface area contributed by atoms with Crippen LogP contribution in [-0.2, 0) is 15.3 Å². The van der Waals surface area contributed by atoms with E-state index in [1.54, 1.807) is 0 Å². The van der Waals surface area contributed by atoms with Crippen LogP contribution in [0.2, 0.25) is 0 Å². The molecule has 0 amide bonds. The van der Waals surface area contributed by atoms with Gasteiger partial charge in [0.25, 0.3) is 0 Å². The van der Waals surface area contributed by atoms with Gasteiger partial charge in [-0.1, -0.05) is 0 Å². The van der Waals surface area contributed by atoms with Gasteiger partial charge in [0.2, 0.25) is 0 Å². The van der Waals surface area contributed by atoms with Gasteiger partial charge >= 0.3 is 144 Å². The van der Waals surface area contributed by atoms with Crippen LogP contribution in [0.5, 0.6) is 0 Å². The first-order chi connectivity index (χ1) is 11.6. The number of hydrogen-bond acceptors (Lipinski definition) is 2. The monoisotopic (exact) mass is 358 g/mol. The van der Waals surface area contributed by atoms with Gasteiger partial charge in [0.15, 0.2) is 0 Å². The molecule has 0 saturated heterocycles. The van der Waals surface area contributed by atoms with Gasteiger partial charge in [0.1, 0.15) is 0 Å². The summed E-state index contributed by atoms with van der Waals surface area (Å²) in [7, 11) is 0. The average Bonchev–Trinajstić information content (AvgIpc) is 2.63. The van der Waals surface area contributed by atoms with Crippen LogP contribution >= 0.6 is 6.83 Å². The Bertz CT molecular complexity index is 739. The molecule has 0 aliphatic carbocycles. The Hall–Kier alpha value is -1.84. The van der Waals surface area contributed by atoms with E-state index in [4.69, 9.17) is 3.97 Å². The summed E-state index contributed by atoms with van der Waals surface area (Å²) in [5, 5.41) is 2.72. The Morgan fingerprint density at radius 3 is 1.25 bits per heavy atom. The standard InChI is InChI=1S/C19H19O3PS/c1-23(22-24(20)21,17-11-5-2-6-12-17,18-13-7-3-8-14-18)19-15-9-4-10-16-19/h2-16H,1H3,(H,20,21). The summed E-state index contributed by atoms with van der Waals surface area (Å²) in [5.74, 6) is 0. The molecule has 0 saturated carbocycles. The van der Waals surface area contributed by atoms with Gasteiger partial charge in [-0.15, -0.1) is 0 Å². The van der Waals surface area contributed by atoms with Crippen molar-refractivity contribution in [3.8, 4) is 0 Å². The van der Waals surface area contributed by atoms with Crippen molar-refractivity contribution >= 4 is 34.1 Å². The van der Waals surface area contributed by atoms with Crippen molar-refractivity contribution in [2.45, 2.75) is 0 Å². The van der Waals surface area contributed by atoms with Crippen molar-refractivity contribution in [3.05, 3.63) is 91.0 Å². The number of hydrogen-bond donors (Lipinski definition) is 1. The van der Waals surface area contributed by atoms with Crippen LogP contribution in [0.25, 0.3) is 0 Å². The van der Waals surface area contributed by atoms with Gasteiger partial charge in [-0.3, -0.25) is 0 Å². The first-order valence-corrected chi connectivity index (χ1v) is 11.2. The van der Waals surface area contributed by atoms with Gasteiger partial charge in [-0.2, -0.15) is 0 Å². The molecule has 124 valence electrons. The summed E-state index contributed by atoms with van der Waals surface area (Å²) >= 11 is -2.42. The van der Waals surface area contributed by atoms with Gasteiger partial charge in [0.05, 0.1) is 0 Å². The van der Waals surface area contributed by atoms with Crippen molar-refractivity contribution in [3.63, 3.8) is 0 Å². The second kappa shape index (κ2) is 6.58. The van der Waals surface area contributed by atoms with E-state index < -0.39 is 18.2 Å². The molecule has 3 nitrogen and oxygen atoms in total. The molecule has 0 fully saturated rings. The van der Waals surface area contributed by atoms with Gasteiger partial charge in [-0.05, 0) is 0 Å². The second-order valence-corrected chi connectivity index (χ2v) is 11.3. The predicted octanol–water partition coefficient (Wildman–Crippen LogP) is 3.21. The van der Waals surface area contributed by atoms with Crippen LogP contribution in [0.15, 0.2) is 91.0 Å². The summed E-state index contributed by atoms with van der Waals surface area (Å²) in [5.41, 5.74) is 0. The molecule has 0 heterocycles. The summed E-state index contributed by atoms with van der Waals surface area (Å²) in [6.45, 7) is -1.57. The van der Waals surface area contributed by atoms with Crippen LogP contribution in [0.1, 0.15) is 0 Å². The SMILES string of the molecule is CP(OS(=O)O)(c1ccccc1)(c1ccccc1)c1ccccc1. The summed E-state index contributed by atoms with van der Waals surface area (Å²) in [6, 6.07) is 29.1. The minimum absolute atomic E-state index is 0.906. The second-order valence-electron chi connectivity index (χ2n) is 5.76. The zero-order valence-corrected chi connectivity index (χ0v) is 15.0. The van der Waals surface area contributed by atoms with Crippen molar-refractivity contribution in [2.75, 3.05) is 6.66 Å². The molecule has 0 aliphatic rings. The fourth-order valence-electron chi connectivity index (χ4n) is 3.10. The van der Waals surface area contributed by atoms with Crippen LogP contribution in [0, 0.1) is 0 Å². The molecule has 0 radical (unpaired) electrons. The molecular weight excluding hydrogens is 339 g/mol. The fourth-order valence-corrected chi connectivity index (χ4v) is 8.97. The van der Waals surface area contributed by atoms with E-state index in [0.29, 0.717) is 0 Å². The molecular formula is C19H19O3PS. The molecule has 0 spiro atoms. The van der Waals surface area contributed by atoms with Gasteiger partial charge < -0.3 is 0 Å². The van der Waals surface area contributed by atoms with E-state index in [2.05, 4.69) is 0 Å². The third-order valence-electron chi connectivity index (χ3n) is 4.38. The van der Waals surface area contributed by atoms with Crippen molar-refractivity contribution < 1.29 is 12.7 Å². The Morgan fingerprint density at radius 1 is 0.708 bits per heavy atom. The Labute approximate surface area is 144 Å². The maximum absolute atomic E-state index is 11.9. The molecule has 3 aromatic carbocycles. The van der Waals surface area contributed by atoms with Crippen LogP contribution < -0.4 is 15.9 Å². The van der Waals surface area contributed by atoms with Gasteiger partial charge in [-0.25, -0.2) is 0 Å². The van der Waals surface area contributed by atoms with Crippen LogP contribution in [-0.4, -0.2) is 15.4 Å². The van der Waals surface area contributed by atoms with E-state index in [1.807, 2.05) is 97.7 Å². The zero-order chi connectivity index (χ0) is 17.1. The maximum atomic E-state index is 11.9. The third kappa shape index (κ3) is 2.72. The van der Waals surface area contributed by atoms with Crippen LogP contribution in [0.3, 0.4) is 0 Å². The normalized spacial score (nSPS) is 14.5. The molecule has 5 heteroatoms. The van der Waals surface area contributed by atoms with E-state index >= 15 is 0 Å². The van der Waals surface area contributed by atoms with Crippen molar-refractivity contribution in [2.24, 2.45) is 0 Å². The zero-order valence-electron chi connectivity index (χ0n) is 13.3. The topological polar surface area (TPSA) is 46.5 Å². The van der Waals surface area contributed by atoms with E-state index in [-0.39, 0.29) is 0 Å². The molecule has 3 rings (SSSR count). The first kappa shape index (κ1) is 17.0. The Balaban J connectivity index is 2.45. The van der Waals surface area contributed by atoms with Crippen LogP contribution in [0.4, 0.5) is 0 Å². The third-order valence-corrected chi connectivity index (χ3v) is 11.0. The molecule has 3 aromatic rings. The Morgan fingerprint density at radius 2 is 1.00 bits per heavy atom. The van der Waals surface area contributed by atoms with E-state index in [0.717, 1.165) is 15.9 Å². The fraction of sp³-hybridized carbons (Fsp3) is 0.0526. The molecule has 1 unspecified atom stereocenters. The summed E-state index contributed by atoms with van der Waals surface area (Å²) in [6.07, 6.45) is 0. The average molecular weight is 358 g/mol. The molecule has 0 bridgehead atoms. The molecule has 1 atom stereocenters. The first-order valence-electron chi connectivity index (χ1n) is 7.55. The molecule has 24 heavy (non-hydrogen) atoms. The predicted molar refractivity (Wildman–Crippen MR) is 103 cm³/mol. The molecule has 0 aliphatic heterocycles. The van der Waals surface area contributed by atoms with E-state index in [9.17, 15) is 8.76 Å². The molecule has 0 aromatic heterocycles. The van der Waals surface area contributed by atoms with Crippen molar-refractivity contribution in [1.29, 1.82) is 0 Å². The quantitative estimate of drug-likeness (QED) is 0.563. The number of benzene rings is 3. The number of rotatable bonds is 5. The molecule has 1 N–H and O–H groups in total. The summed E-state index contributed by atoms with van der Waals surface area (Å²) < 4.78 is 27.5. The minimum atomic E-state index is -3.55. The van der Waals surface area contributed by atoms with E-state index in [1.165, 1.54) is 0 Å².